The van der Waals surface area contributed by atoms with E-state index >= 15 is 0 Å². The summed E-state index contributed by atoms with van der Waals surface area (Å²) in [4.78, 5) is 0. The quantitative estimate of drug-likeness (QED) is 0.651. The van der Waals surface area contributed by atoms with Crippen LogP contribution >= 0.6 is 15.9 Å². The van der Waals surface area contributed by atoms with Crippen LogP contribution in [0.1, 0.15) is 17.5 Å². The normalized spacial score (nSPS) is 9.54. The van der Waals surface area contributed by atoms with Crippen molar-refractivity contribution in [3.05, 3.63) is 29.3 Å². The Labute approximate surface area is 86.5 Å². The maximum Gasteiger partial charge on any atom is 0.0625 e. The Morgan fingerprint density at radius 3 is 2.85 bits per heavy atom. The van der Waals surface area contributed by atoms with Crippen molar-refractivity contribution in [3.63, 3.8) is 0 Å². The lowest BCUT2D eigenvalue weighted by Gasteiger charge is -2.04. The molecule has 0 atom stereocenters. The van der Waals surface area contributed by atoms with Gasteiger partial charge in [-0.05, 0) is 23.6 Å². The average molecular weight is 239 g/mol. The summed E-state index contributed by atoms with van der Waals surface area (Å²) in [6, 6.07) is 8.03. The van der Waals surface area contributed by atoms with Crippen LogP contribution in [-0.4, -0.2) is 0 Å². The number of aryl methyl sites for hydroxylation is 1. The summed E-state index contributed by atoms with van der Waals surface area (Å²) in [5, 5.41) is 9.19. The van der Waals surface area contributed by atoms with Gasteiger partial charge in [-0.1, -0.05) is 28.1 Å². The van der Waals surface area contributed by atoms with Crippen LogP contribution in [0.25, 0.3) is 0 Å². The van der Waals surface area contributed by atoms with Crippen LogP contribution in [0, 0.1) is 11.3 Å². The second-order valence-electron chi connectivity index (χ2n) is 2.82. The summed E-state index contributed by atoms with van der Waals surface area (Å²) in [6.45, 7) is 0. The van der Waals surface area contributed by atoms with Gasteiger partial charge in [0.05, 0.1) is 6.07 Å². The van der Waals surface area contributed by atoms with Gasteiger partial charge in [0.25, 0.3) is 0 Å². The van der Waals surface area contributed by atoms with Gasteiger partial charge < -0.3 is 5.73 Å². The highest BCUT2D eigenvalue weighted by atomic mass is 79.9. The first-order chi connectivity index (χ1) is 6.27. The molecule has 0 bridgehead atoms. The highest BCUT2D eigenvalue weighted by molar-refractivity contribution is 9.08. The maximum absolute atomic E-state index is 8.42. The second kappa shape index (κ2) is 4.88. The molecule has 0 aromatic heterocycles. The van der Waals surface area contributed by atoms with Gasteiger partial charge in [-0.2, -0.15) is 5.26 Å². The number of nitrogens with zero attached hydrogens (tertiary/aromatic N) is 1. The molecular weight excluding hydrogens is 228 g/mol. The third kappa shape index (κ3) is 2.74. The summed E-state index contributed by atoms with van der Waals surface area (Å²) >= 11 is 3.37. The molecule has 2 N–H and O–H groups in total. The lowest BCUT2D eigenvalue weighted by Crippen LogP contribution is -1.93. The van der Waals surface area contributed by atoms with Gasteiger partial charge in [0.1, 0.15) is 0 Å². The molecule has 0 radical (unpaired) electrons. The SMILES string of the molecule is N#CCCc1ccc(N)c(CBr)c1. The Morgan fingerprint density at radius 1 is 1.46 bits per heavy atom. The van der Waals surface area contributed by atoms with Crippen molar-refractivity contribution in [3.8, 4) is 6.07 Å². The summed E-state index contributed by atoms with van der Waals surface area (Å²) in [5.41, 5.74) is 8.80. The number of anilines is 1. The van der Waals surface area contributed by atoms with Crippen LogP contribution in [-0.2, 0) is 11.8 Å². The van der Waals surface area contributed by atoms with E-state index in [2.05, 4.69) is 22.0 Å². The maximum atomic E-state index is 8.42. The molecule has 0 unspecified atom stereocenters. The largest absolute Gasteiger partial charge is 0.398 e. The number of benzene rings is 1. The fraction of sp³-hybridized carbons (Fsp3) is 0.300. The smallest absolute Gasteiger partial charge is 0.0625 e. The van der Waals surface area contributed by atoms with Crippen molar-refractivity contribution in [1.82, 2.24) is 0 Å². The van der Waals surface area contributed by atoms with Crippen LogP contribution in [0.3, 0.4) is 0 Å². The zero-order chi connectivity index (χ0) is 9.68. The lowest BCUT2D eigenvalue weighted by atomic mass is 10.1. The molecule has 0 spiro atoms. The summed E-state index contributed by atoms with van der Waals surface area (Å²) in [6.07, 6.45) is 1.36. The Bertz CT molecular complexity index is 328. The molecule has 0 amide bonds. The minimum Gasteiger partial charge on any atom is -0.398 e. The molecule has 1 aromatic rings. The Kier molecular flexibility index (Phi) is 3.78. The standard InChI is InChI=1S/C10H11BrN2/c11-7-9-6-8(2-1-5-12)3-4-10(9)13/h3-4,6H,1-2,7,13H2. The fourth-order valence-electron chi connectivity index (χ4n) is 1.13. The number of halogens is 1. The van der Waals surface area contributed by atoms with Crippen molar-refractivity contribution < 1.29 is 0 Å². The molecule has 68 valence electrons. The highest BCUT2D eigenvalue weighted by Crippen LogP contribution is 2.17. The van der Waals surface area contributed by atoms with E-state index < -0.39 is 0 Å². The summed E-state index contributed by atoms with van der Waals surface area (Å²) < 4.78 is 0. The van der Waals surface area contributed by atoms with Crippen LogP contribution in [0.4, 0.5) is 5.69 Å². The highest BCUT2D eigenvalue weighted by Gasteiger charge is 1.99. The number of nitriles is 1. The number of hydrogen-bond donors (Lipinski definition) is 1. The van der Waals surface area contributed by atoms with Gasteiger partial charge in [-0.25, -0.2) is 0 Å². The molecule has 3 heteroatoms. The number of rotatable bonds is 3. The van der Waals surface area contributed by atoms with Crippen LogP contribution in [0.15, 0.2) is 18.2 Å². The summed E-state index contributed by atoms with van der Waals surface area (Å²) in [5.74, 6) is 0. The Morgan fingerprint density at radius 2 is 2.23 bits per heavy atom. The molecule has 0 heterocycles. The molecule has 0 aliphatic rings. The molecule has 0 saturated carbocycles. The molecular formula is C10H11BrN2. The van der Waals surface area contributed by atoms with E-state index in [1.165, 1.54) is 5.56 Å². The number of hydrogen-bond acceptors (Lipinski definition) is 2. The van der Waals surface area contributed by atoms with Gasteiger partial charge in [0.15, 0.2) is 0 Å². The first kappa shape index (κ1) is 10.1. The molecule has 2 nitrogen and oxygen atoms in total. The average Bonchev–Trinajstić information content (AvgIpc) is 2.16. The first-order valence-corrected chi connectivity index (χ1v) is 5.20. The number of nitrogen functional groups attached to an aromatic ring is 1. The van der Waals surface area contributed by atoms with Crippen molar-refractivity contribution in [2.45, 2.75) is 18.2 Å². The first-order valence-electron chi connectivity index (χ1n) is 4.08. The van der Waals surface area contributed by atoms with Gasteiger partial charge in [-0.3, -0.25) is 0 Å². The molecule has 0 fully saturated rings. The molecule has 13 heavy (non-hydrogen) atoms. The predicted octanol–water partition coefficient (Wildman–Crippen LogP) is 2.62. The zero-order valence-electron chi connectivity index (χ0n) is 7.26. The van der Waals surface area contributed by atoms with E-state index in [0.29, 0.717) is 6.42 Å². The molecule has 0 aliphatic carbocycles. The number of nitrogens with two attached hydrogens (primary N) is 1. The zero-order valence-corrected chi connectivity index (χ0v) is 8.84. The third-order valence-electron chi connectivity index (χ3n) is 1.88. The van der Waals surface area contributed by atoms with E-state index in [-0.39, 0.29) is 0 Å². The van der Waals surface area contributed by atoms with E-state index in [9.17, 15) is 0 Å². The molecule has 1 rings (SSSR count). The van der Waals surface area contributed by atoms with Crippen molar-refractivity contribution in [1.29, 1.82) is 5.26 Å². The Hall–Kier alpha value is -1.01. The van der Waals surface area contributed by atoms with Gasteiger partial charge in [0, 0.05) is 17.4 Å². The number of alkyl halides is 1. The Balaban J connectivity index is 2.81. The molecule has 0 aliphatic heterocycles. The summed E-state index contributed by atoms with van der Waals surface area (Å²) in [7, 11) is 0. The van der Waals surface area contributed by atoms with E-state index in [0.717, 1.165) is 23.0 Å². The third-order valence-corrected chi connectivity index (χ3v) is 2.48. The lowest BCUT2D eigenvalue weighted by molar-refractivity contribution is 1.01. The molecule has 1 aromatic carbocycles. The minimum atomic E-state index is 0.561. The van der Waals surface area contributed by atoms with Crippen LogP contribution in [0.2, 0.25) is 0 Å². The van der Waals surface area contributed by atoms with Crippen LogP contribution < -0.4 is 5.73 Å². The minimum absolute atomic E-state index is 0.561. The monoisotopic (exact) mass is 238 g/mol. The van der Waals surface area contributed by atoms with Gasteiger partial charge in [-0.15, -0.1) is 0 Å². The predicted molar refractivity (Wildman–Crippen MR) is 57.4 cm³/mol. The second-order valence-corrected chi connectivity index (χ2v) is 3.39. The van der Waals surface area contributed by atoms with E-state index in [1.807, 2.05) is 18.2 Å². The molecule has 0 saturated heterocycles. The van der Waals surface area contributed by atoms with Crippen molar-refractivity contribution >= 4 is 21.6 Å². The van der Waals surface area contributed by atoms with Crippen molar-refractivity contribution in [2.24, 2.45) is 0 Å². The van der Waals surface area contributed by atoms with Crippen molar-refractivity contribution in [2.75, 3.05) is 5.73 Å². The topological polar surface area (TPSA) is 49.8 Å². The van der Waals surface area contributed by atoms with E-state index in [1.54, 1.807) is 0 Å². The van der Waals surface area contributed by atoms with Crippen LogP contribution in [0.5, 0.6) is 0 Å². The fourth-order valence-corrected chi connectivity index (χ4v) is 1.62. The van der Waals surface area contributed by atoms with E-state index in [4.69, 9.17) is 11.0 Å². The van der Waals surface area contributed by atoms with Gasteiger partial charge >= 0.3 is 0 Å². The van der Waals surface area contributed by atoms with Gasteiger partial charge in [0.2, 0.25) is 0 Å².